The van der Waals surface area contributed by atoms with Crippen LogP contribution >= 0.6 is 12.4 Å². The van der Waals surface area contributed by atoms with Crippen LogP contribution in [0.4, 0.5) is 0 Å². The summed E-state index contributed by atoms with van der Waals surface area (Å²) in [5.74, 6) is 0.899. The van der Waals surface area contributed by atoms with Crippen LogP contribution in [0.5, 0.6) is 5.75 Å². The van der Waals surface area contributed by atoms with Gasteiger partial charge in [-0.25, -0.2) is 0 Å². The maximum absolute atomic E-state index is 12.1. The topological polar surface area (TPSA) is 64.3 Å². The van der Waals surface area contributed by atoms with Gasteiger partial charge in [-0.2, -0.15) is 0 Å². The molecule has 0 saturated heterocycles. The van der Waals surface area contributed by atoms with Gasteiger partial charge in [0.25, 0.3) is 0 Å². The molecule has 5 heteroatoms. The number of nitrogens with one attached hydrogen (secondary N) is 1. The third-order valence-electron chi connectivity index (χ3n) is 3.77. The third kappa shape index (κ3) is 6.24. The normalized spacial score (nSPS) is 21.1. The zero-order chi connectivity index (χ0) is 15.2. The Morgan fingerprint density at radius 3 is 2.64 bits per heavy atom. The average Bonchev–Trinajstić information content (AvgIpc) is 2.41. The molecule has 3 N–H and O–H groups in total. The largest absolute Gasteiger partial charge is 0.491 e. The van der Waals surface area contributed by atoms with Crippen LogP contribution < -0.4 is 15.8 Å². The molecule has 1 aromatic carbocycles. The maximum Gasteiger partial charge on any atom is 0.224 e. The summed E-state index contributed by atoms with van der Waals surface area (Å²) in [4.78, 5) is 12.1. The highest BCUT2D eigenvalue weighted by Crippen LogP contribution is 2.18. The Labute approximate surface area is 139 Å². The van der Waals surface area contributed by atoms with Crippen molar-refractivity contribution in [2.24, 2.45) is 5.73 Å². The van der Waals surface area contributed by atoms with E-state index in [-0.39, 0.29) is 30.5 Å². The number of halogens is 1. The summed E-state index contributed by atoms with van der Waals surface area (Å²) in [5, 5.41) is 3.11. The van der Waals surface area contributed by atoms with Gasteiger partial charge < -0.3 is 15.8 Å². The van der Waals surface area contributed by atoms with Gasteiger partial charge in [0.2, 0.25) is 5.91 Å². The highest BCUT2D eigenvalue weighted by atomic mass is 35.5. The van der Waals surface area contributed by atoms with Crippen molar-refractivity contribution in [3.8, 4) is 5.75 Å². The molecule has 22 heavy (non-hydrogen) atoms. The first-order chi connectivity index (χ1) is 10.0. The molecule has 1 aliphatic carbocycles. The first-order valence-electron chi connectivity index (χ1n) is 7.83. The van der Waals surface area contributed by atoms with Crippen LogP contribution in [0.2, 0.25) is 0 Å². The Bertz CT molecular complexity index is 471. The van der Waals surface area contributed by atoms with Crippen molar-refractivity contribution in [2.75, 3.05) is 0 Å². The SMILES string of the molecule is CC(C)Oc1cccc(CC(=O)NC2CCC(N)CC2)c1.Cl. The highest BCUT2D eigenvalue weighted by molar-refractivity contribution is 5.85. The second kappa shape index (κ2) is 9.01. The van der Waals surface area contributed by atoms with Gasteiger partial charge in [0, 0.05) is 12.1 Å². The van der Waals surface area contributed by atoms with Crippen LogP contribution in [0.15, 0.2) is 24.3 Å². The zero-order valence-corrected chi connectivity index (χ0v) is 14.2. The first kappa shape index (κ1) is 18.8. The predicted octanol–water partition coefficient (Wildman–Crippen LogP) is 2.82. The van der Waals surface area contributed by atoms with Gasteiger partial charge in [-0.05, 0) is 57.2 Å². The van der Waals surface area contributed by atoms with E-state index in [4.69, 9.17) is 10.5 Å². The lowest BCUT2D eigenvalue weighted by Gasteiger charge is -2.26. The number of carbonyl (C=O) groups is 1. The fraction of sp³-hybridized carbons (Fsp3) is 0.588. The van der Waals surface area contributed by atoms with E-state index >= 15 is 0 Å². The van der Waals surface area contributed by atoms with Crippen LogP contribution in [0, 0.1) is 0 Å². The van der Waals surface area contributed by atoms with Crippen LogP contribution in [-0.2, 0) is 11.2 Å². The fourth-order valence-electron chi connectivity index (χ4n) is 2.73. The molecule has 0 aromatic heterocycles. The molecule has 1 amide bonds. The molecule has 1 fully saturated rings. The van der Waals surface area contributed by atoms with Crippen molar-refractivity contribution >= 4 is 18.3 Å². The van der Waals surface area contributed by atoms with Gasteiger partial charge in [-0.3, -0.25) is 4.79 Å². The zero-order valence-electron chi connectivity index (χ0n) is 13.4. The van der Waals surface area contributed by atoms with Crippen molar-refractivity contribution in [1.82, 2.24) is 5.32 Å². The Morgan fingerprint density at radius 2 is 2.00 bits per heavy atom. The van der Waals surface area contributed by atoms with Crippen molar-refractivity contribution in [3.63, 3.8) is 0 Å². The molecule has 1 saturated carbocycles. The molecule has 1 aliphatic rings. The van der Waals surface area contributed by atoms with Crippen molar-refractivity contribution < 1.29 is 9.53 Å². The number of rotatable bonds is 5. The van der Waals surface area contributed by atoms with Gasteiger partial charge >= 0.3 is 0 Å². The first-order valence-corrected chi connectivity index (χ1v) is 7.83. The van der Waals surface area contributed by atoms with Gasteiger partial charge in [-0.15, -0.1) is 12.4 Å². The smallest absolute Gasteiger partial charge is 0.224 e. The highest BCUT2D eigenvalue weighted by Gasteiger charge is 2.20. The molecule has 2 rings (SSSR count). The Hall–Kier alpha value is -1.26. The van der Waals surface area contributed by atoms with Crippen molar-refractivity contribution in [3.05, 3.63) is 29.8 Å². The van der Waals surface area contributed by atoms with Crippen LogP contribution in [-0.4, -0.2) is 24.1 Å². The van der Waals surface area contributed by atoms with E-state index in [0.717, 1.165) is 37.0 Å². The van der Waals surface area contributed by atoms with E-state index in [1.807, 2.05) is 38.1 Å². The lowest BCUT2D eigenvalue weighted by Crippen LogP contribution is -2.41. The Balaban J connectivity index is 0.00000242. The summed E-state index contributed by atoms with van der Waals surface area (Å²) in [7, 11) is 0. The summed E-state index contributed by atoms with van der Waals surface area (Å²) in [6.07, 6.45) is 4.52. The number of amides is 1. The monoisotopic (exact) mass is 326 g/mol. The molecule has 0 unspecified atom stereocenters. The second-order valence-electron chi connectivity index (χ2n) is 6.17. The number of hydrogen-bond acceptors (Lipinski definition) is 3. The summed E-state index contributed by atoms with van der Waals surface area (Å²) in [6.45, 7) is 3.99. The molecular weight excluding hydrogens is 300 g/mol. The number of ether oxygens (including phenoxy) is 1. The molecule has 1 aromatic rings. The van der Waals surface area contributed by atoms with Crippen molar-refractivity contribution in [1.29, 1.82) is 0 Å². The molecule has 4 nitrogen and oxygen atoms in total. The van der Waals surface area contributed by atoms with Crippen LogP contribution in [0.1, 0.15) is 45.1 Å². The summed E-state index contributed by atoms with van der Waals surface area (Å²) < 4.78 is 5.65. The van der Waals surface area contributed by atoms with E-state index in [1.165, 1.54) is 0 Å². The Morgan fingerprint density at radius 1 is 1.32 bits per heavy atom. The fourth-order valence-corrected chi connectivity index (χ4v) is 2.73. The van der Waals surface area contributed by atoms with Gasteiger partial charge in [0.1, 0.15) is 5.75 Å². The molecule has 0 radical (unpaired) electrons. The van der Waals surface area contributed by atoms with Crippen molar-refractivity contribution in [2.45, 2.75) is 64.1 Å². The molecule has 0 aliphatic heterocycles. The quantitative estimate of drug-likeness (QED) is 0.874. The van der Waals surface area contributed by atoms with E-state index in [2.05, 4.69) is 5.32 Å². The standard InChI is InChI=1S/C17H26N2O2.ClH/c1-12(2)21-16-5-3-4-13(10-16)11-17(20)19-15-8-6-14(18)7-9-15;/h3-5,10,12,14-15H,6-9,11,18H2,1-2H3,(H,19,20);1H. The minimum atomic E-state index is 0. The Kier molecular flexibility index (Phi) is 7.69. The van der Waals surface area contributed by atoms with Crippen LogP contribution in [0.3, 0.4) is 0 Å². The van der Waals surface area contributed by atoms with Crippen LogP contribution in [0.25, 0.3) is 0 Å². The van der Waals surface area contributed by atoms with E-state index < -0.39 is 0 Å². The second-order valence-corrected chi connectivity index (χ2v) is 6.17. The molecule has 0 bridgehead atoms. The summed E-state index contributed by atoms with van der Waals surface area (Å²) in [5.41, 5.74) is 6.87. The lowest BCUT2D eigenvalue weighted by atomic mass is 9.91. The minimum absolute atomic E-state index is 0. The number of nitrogens with two attached hydrogens (primary N) is 1. The minimum Gasteiger partial charge on any atom is -0.491 e. The molecule has 0 atom stereocenters. The van der Waals surface area contributed by atoms with E-state index in [0.29, 0.717) is 12.5 Å². The number of carbonyl (C=O) groups excluding carboxylic acids is 1. The lowest BCUT2D eigenvalue weighted by molar-refractivity contribution is -0.121. The predicted molar refractivity (Wildman–Crippen MR) is 91.5 cm³/mol. The molecule has 0 heterocycles. The third-order valence-corrected chi connectivity index (χ3v) is 3.77. The van der Waals surface area contributed by atoms with Gasteiger partial charge in [-0.1, -0.05) is 12.1 Å². The van der Waals surface area contributed by atoms with E-state index in [1.54, 1.807) is 0 Å². The van der Waals surface area contributed by atoms with Gasteiger partial charge in [0.15, 0.2) is 0 Å². The number of hydrogen-bond donors (Lipinski definition) is 2. The molecular formula is C17H27ClN2O2. The molecule has 124 valence electrons. The maximum atomic E-state index is 12.1. The number of benzene rings is 1. The molecule has 0 spiro atoms. The van der Waals surface area contributed by atoms with E-state index in [9.17, 15) is 4.79 Å². The van der Waals surface area contributed by atoms with Gasteiger partial charge in [0.05, 0.1) is 12.5 Å². The average molecular weight is 327 g/mol. The summed E-state index contributed by atoms with van der Waals surface area (Å²) in [6, 6.07) is 8.35. The summed E-state index contributed by atoms with van der Waals surface area (Å²) >= 11 is 0.